The summed E-state index contributed by atoms with van der Waals surface area (Å²) in [6.07, 6.45) is 1.77. The molecule has 0 aliphatic rings. The first kappa shape index (κ1) is 11.8. The molecule has 1 aromatic heterocycles. The van der Waals surface area contributed by atoms with Crippen molar-refractivity contribution in [1.29, 1.82) is 0 Å². The van der Waals surface area contributed by atoms with Crippen molar-refractivity contribution >= 4 is 11.6 Å². The lowest BCUT2D eigenvalue weighted by molar-refractivity contribution is 0.667. The lowest BCUT2D eigenvalue weighted by atomic mass is 10.1. The number of benzene rings is 1. The highest BCUT2D eigenvalue weighted by Crippen LogP contribution is 2.23. The molecule has 2 aromatic rings. The van der Waals surface area contributed by atoms with Gasteiger partial charge in [0.2, 0.25) is 0 Å². The van der Waals surface area contributed by atoms with Gasteiger partial charge in [-0.15, -0.1) is 11.7 Å². The van der Waals surface area contributed by atoms with Crippen LogP contribution in [0.1, 0.15) is 5.69 Å². The third kappa shape index (κ3) is 2.38. The molecule has 0 aliphatic heterocycles. The third-order valence-corrected chi connectivity index (χ3v) is 2.67. The van der Waals surface area contributed by atoms with Crippen LogP contribution in [0.4, 0.5) is 0 Å². The van der Waals surface area contributed by atoms with Crippen molar-refractivity contribution in [3.63, 3.8) is 0 Å². The largest absolute Gasteiger partial charge is 0.325 e. The molecule has 0 fully saturated rings. The van der Waals surface area contributed by atoms with E-state index in [1.165, 1.54) is 0 Å². The van der Waals surface area contributed by atoms with Gasteiger partial charge in [0.1, 0.15) is 5.69 Å². The van der Waals surface area contributed by atoms with Crippen LogP contribution in [0.3, 0.4) is 0 Å². The van der Waals surface area contributed by atoms with Gasteiger partial charge in [0, 0.05) is 17.1 Å². The zero-order valence-electron chi connectivity index (χ0n) is 9.31. The van der Waals surface area contributed by atoms with Gasteiger partial charge in [0.15, 0.2) is 0 Å². The first-order chi connectivity index (χ1) is 8.26. The monoisotopic (exact) mass is 248 g/mol. The van der Waals surface area contributed by atoms with Gasteiger partial charge in [-0.1, -0.05) is 35.0 Å². The van der Waals surface area contributed by atoms with Crippen LogP contribution >= 0.6 is 11.6 Å². The molecule has 88 valence electrons. The Hall–Kier alpha value is -1.65. The van der Waals surface area contributed by atoms with Crippen LogP contribution in [-0.4, -0.2) is 15.0 Å². The lowest BCUT2D eigenvalue weighted by Crippen LogP contribution is -2.03. The molecule has 0 amide bonds. The zero-order chi connectivity index (χ0) is 12.3. The zero-order valence-corrected chi connectivity index (χ0v) is 10.1. The first-order valence-corrected chi connectivity index (χ1v) is 5.63. The summed E-state index contributed by atoms with van der Waals surface area (Å²) in [4.78, 5) is 0. The quantitative estimate of drug-likeness (QED) is 0.845. The van der Waals surface area contributed by atoms with Gasteiger partial charge in [0.05, 0.1) is 12.2 Å². The smallest absolute Gasteiger partial charge is 0.104 e. The molecule has 0 unspecified atom stereocenters. The predicted octanol–water partition coefficient (Wildman–Crippen LogP) is 2.24. The van der Waals surface area contributed by atoms with Gasteiger partial charge in [-0.05, 0) is 12.1 Å². The van der Waals surface area contributed by atoms with E-state index in [1.54, 1.807) is 10.8 Å². The summed E-state index contributed by atoms with van der Waals surface area (Å²) in [5.41, 5.74) is 8.35. The van der Waals surface area contributed by atoms with Crippen molar-refractivity contribution in [3.8, 4) is 11.3 Å². The van der Waals surface area contributed by atoms with Gasteiger partial charge >= 0.3 is 0 Å². The fourth-order valence-electron chi connectivity index (χ4n) is 1.66. The normalized spacial score (nSPS) is 10.5. The summed E-state index contributed by atoms with van der Waals surface area (Å²) in [5.74, 6) is 0. The number of nitrogens with two attached hydrogens (primary N) is 1. The molecule has 0 saturated carbocycles. The Labute approximate surface area is 105 Å². The van der Waals surface area contributed by atoms with E-state index in [0.717, 1.165) is 17.0 Å². The molecule has 0 atom stereocenters. The average molecular weight is 249 g/mol. The predicted molar refractivity (Wildman–Crippen MR) is 68.6 cm³/mol. The van der Waals surface area contributed by atoms with E-state index in [4.69, 9.17) is 17.3 Å². The third-order valence-electron chi connectivity index (χ3n) is 2.42. The minimum Gasteiger partial charge on any atom is -0.325 e. The van der Waals surface area contributed by atoms with Crippen molar-refractivity contribution in [1.82, 2.24) is 15.0 Å². The van der Waals surface area contributed by atoms with Gasteiger partial charge in [-0.3, -0.25) is 0 Å². The minimum absolute atomic E-state index is 0.356. The van der Waals surface area contributed by atoms with E-state index in [0.29, 0.717) is 18.1 Å². The molecule has 1 heterocycles. The molecule has 17 heavy (non-hydrogen) atoms. The Balaban J connectivity index is 2.51. The van der Waals surface area contributed by atoms with Crippen molar-refractivity contribution in [2.24, 2.45) is 5.73 Å². The second kappa shape index (κ2) is 5.12. The second-order valence-electron chi connectivity index (χ2n) is 3.57. The van der Waals surface area contributed by atoms with Crippen LogP contribution in [0.5, 0.6) is 0 Å². The highest BCUT2D eigenvalue weighted by atomic mass is 35.5. The second-order valence-corrected chi connectivity index (χ2v) is 4.00. The molecule has 2 N–H and O–H groups in total. The summed E-state index contributed by atoms with van der Waals surface area (Å²) >= 11 is 5.87. The van der Waals surface area contributed by atoms with E-state index in [1.807, 2.05) is 24.3 Å². The molecule has 0 radical (unpaired) electrons. The van der Waals surface area contributed by atoms with E-state index in [9.17, 15) is 0 Å². The van der Waals surface area contributed by atoms with Crippen molar-refractivity contribution in [2.75, 3.05) is 0 Å². The van der Waals surface area contributed by atoms with E-state index < -0.39 is 0 Å². The maximum atomic E-state index is 5.87. The highest BCUT2D eigenvalue weighted by Gasteiger charge is 2.12. The fourth-order valence-corrected chi connectivity index (χ4v) is 1.79. The van der Waals surface area contributed by atoms with Crippen molar-refractivity contribution < 1.29 is 0 Å². The van der Waals surface area contributed by atoms with Gasteiger partial charge in [-0.25, -0.2) is 4.68 Å². The summed E-state index contributed by atoms with van der Waals surface area (Å²) in [5, 5.41) is 8.82. The molecular formula is C12H13ClN4. The number of hydrogen-bond acceptors (Lipinski definition) is 3. The fraction of sp³-hybridized carbons (Fsp3) is 0.167. The molecular weight excluding hydrogens is 236 g/mol. The number of nitrogens with zero attached hydrogens (tertiary/aromatic N) is 3. The summed E-state index contributed by atoms with van der Waals surface area (Å²) in [6, 6.07) is 7.53. The molecule has 0 saturated heterocycles. The van der Waals surface area contributed by atoms with E-state index >= 15 is 0 Å². The van der Waals surface area contributed by atoms with Crippen LogP contribution in [0, 0.1) is 0 Å². The molecule has 1 aromatic carbocycles. The molecule has 4 nitrogen and oxygen atoms in total. The summed E-state index contributed by atoms with van der Waals surface area (Å²) < 4.78 is 1.78. The van der Waals surface area contributed by atoms with Crippen LogP contribution < -0.4 is 5.73 Å². The molecule has 2 rings (SSSR count). The topological polar surface area (TPSA) is 56.7 Å². The number of hydrogen-bond donors (Lipinski definition) is 1. The highest BCUT2D eigenvalue weighted by molar-refractivity contribution is 6.30. The summed E-state index contributed by atoms with van der Waals surface area (Å²) in [7, 11) is 0. The Morgan fingerprint density at radius 1 is 1.35 bits per heavy atom. The number of aromatic nitrogens is 3. The van der Waals surface area contributed by atoms with Crippen LogP contribution in [0.15, 0.2) is 36.9 Å². The molecule has 0 aliphatic carbocycles. The Kier molecular flexibility index (Phi) is 3.56. The molecule has 5 heteroatoms. The number of halogens is 1. The van der Waals surface area contributed by atoms with Gasteiger partial charge < -0.3 is 5.73 Å². The first-order valence-electron chi connectivity index (χ1n) is 5.25. The van der Waals surface area contributed by atoms with Gasteiger partial charge in [-0.2, -0.15) is 0 Å². The Bertz CT molecular complexity index is 516. The Morgan fingerprint density at radius 3 is 2.65 bits per heavy atom. The SMILES string of the molecule is C=CCn1nnc(CN)c1-c1ccc(Cl)cc1. The van der Waals surface area contributed by atoms with Crippen molar-refractivity contribution in [3.05, 3.63) is 47.6 Å². The van der Waals surface area contributed by atoms with Crippen LogP contribution in [-0.2, 0) is 13.1 Å². The average Bonchev–Trinajstić information content (AvgIpc) is 2.74. The Morgan fingerprint density at radius 2 is 2.06 bits per heavy atom. The van der Waals surface area contributed by atoms with E-state index in [2.05, 4.69) is 16.9 Å². The maximum Gasteiger partial charge on any atom is 0.104 e. The number of allylic oxidation sites excluding steroid dienone is 1. The molecule has 0 spiro atoms. The van der Waals surface area contributed by atoms with Gasteiger partial charge in [0.25, 0.3) is 0 Å². The lowest BCUT2D eigenvalue weighted by Gasteiger charge is -2.05. The van der Waals surface area contributed by atoms with Crippen LogP contribution in [0.25, 0.3) is 11.3 Å². The van der Waals surface area contributed by atoms with Crippen molar-refractivity contribution in [2.45, 2.75) is 13.1 Å². The summed E-state index contributed by atoms with van der Waals surface area (Å²) in [6.45, 7) is 4.66. The standard InChI is InChI=1S/C12H13ClN4/c1-2-7-17-12(11(8-14)15-16-17)9-3-5-10(13)6-4-9/h2-6H,1,7-8,14H2. The number of rotatable bonds is 4. The maximum absolute atomic E-state index is 5.87. The van der Waals surface area contributed by atoms with E-state index in [-0.39, 0.29) is 0 Å². The molecule has 0 bridgehead atoms. The van der Waals surface area contributed by atoms with Crippen LogP contribution in [0.2, 0.25) is 5.02 Å². The minimum atomic E-state index is 0.356.